The van der Waals surface area contributed by atoms with Crippen molar-refractivity contribution in [2.45, 2.75) is 58.4 Å². The highest BCUT2D eigenvalue weighted by Gasteiger charge is 2.33. The molecular weight excluding hydrogens is 372 g/mol. The number of H-pyrrole nitrogens is 1. The van der Waals surface area contributed by atoms with E-state index in [1.165, 1.54) is 4.57 Å². The lowest BCUT2D eigenvalue weighted by molar-refractivity contribution is -0.123. The Morgan fingerprint density at radius 1 is 1.21 bits per heavy atom. The lowest BCUT2D eigenvalue weighted by Gasteiger charge is -2.45. The number of nitrogens with one attached hydrogen (secondary N) is 2. The van der Waals surface area contributed by atoms with Crippen LogP contribution in [0.15, 0.2) is 33.9 Å². The van der Waals surface area contributed by atoms with Crippen LogP contribution < -0.4 is 16.6 Å². The van der Waals surface area contributed by atoms with Gasteiger partial charge in [0.2, 0.25) is 5.91 Å². The topological polar surface area (TPSA) is 96.4 Å². The van der Waals surface area contributed by atoms with Gasteiger partial charge >= 0.3 is 5.69 Å². The average molecular weight is 402 g/mol. The summed E-state index contributed by atoms with van der Waals surface area (Å²) in [5.41, 5.74) is -0.588. The van der Waals surface area contributed by atoms with E-state index in [1.807, 2.05) is 0 Å². The van der Waals surface area contributed by atoms with Crippen LogP contribution in [-0.4, -0.2) is 57.7 Å². The van der Waals surface area contributed by atoms with E-state index >= 15 is 0 Å². The molecule has 0 spiro atoms. The van der Waals surface area contributed by atoms with Gasteiger partial charge in [-0.3, -0.25) is 24.0 Å². The van der Waals surface area contributed by atoms with Crippen molar-refractivity contribution in [3.63, 3.8) is 0 Å². The molecule has 1 aliphatic rings. The highest BCUT2D eigenvalue weighted by atomic mass is 16.5. The quantitative estimate of drug-likeness (QED) is 0.754. The molecule has 2 heterocycles. The number of rotatable bonds is 6. The first-order valence-electron chi connectivity index (χ1n) is 10.1. The molecule has 2 N–H and O–H groups in total. The van der Waals surface area contributed by atoms with E-state index in [0.29, 0.717) is 17.4 Å². The molecular formula is C21H30N4O4. The number of aryl methyl sites for hydroxylation is 1. The maximum absolute atomic E-state index is 12.4. The Balaban J connectivity index is 1.62. The van der Waals surface area contributed by atoms with Crippen molar-refractivity contribution < 1.29 is 9.53 Å². The van der Waals surface area contributed by atoms with Gasteiger partial charge in [-0.15, -0.1) is 0 Å². The van der Waals surface area contributed by atoms with Gasteiger partial charge in [0.15, 0.2) is 0 Å². The van der Waals surface area contributed by atoms with Crippen molar-refractivity contribution >= 4 is 16.8 Å². The zero-order valence-electron chi connectivity index (χ0n) is 17.5. The van der Waals surface area contributed by atoms with Crippen molar-refractivity contribution in [2.24, 2.45) is 0 Å². The number of carbonyl (C=O) groups excluding carboxylic acids is 1. The van der Waals surface area contributed by atoms with Crippen molar-refractivity contribution in [3.8, 4) is 0 Å². The normalized spacial score (nSPS) is 20.7. The van der Waals surface area contributed by atoms with Gasteiger partial charge in [0.1, 0.15) is 0 Å². The summed E-state index contributed by atoms with van der Waals surface area (Å²) in [6, 6.07) is 6.89. The van der Waals surface area contributed by atoms with Crippen LogP contribution >= 0.6 is 0 Å². The minimum Gasteiger partial charge on any atom is -0.373 e. The summed E-state index contributed by atoms with van der Waals surface area (Å²) in [6.07, 6.45) is 0.477. The Hall–Kier alpha value is -2.45. The largest absolute Gasteiger partial charge is 0.373 e. The van der Waals surface area contributed by atoms with Crippen LogP contribution in [0, 0.1) is 0 Å². The highest BCUT2D eigenvalue weighted by molar-refractivity contribution is 5.78. The standard InChI is InChI=1S/C21H30N4O4/c1-14-11-24(12-15(2)29-14)21(3,4)13-22-18(26)9-10-25-17-8-6-5-7-16(17)19(27)23-20(25)28/h5-8,14-15H,9-13H2,1-4H3,(H,22,26)(H,23,27,28). The van der Waals surface area contributed by atoms with Gasteiger partial charge in [0.25, 0.3) is 5.56 Å². The fourth-order valence-electron chi connectivity index (χ4n) is 3.86. The molecule has 1 amide bonds. The number of aromatic nitrogens is 2. The van der Waals surface area contributed by atoms with E-state index in [4.69, 9.17) is 4.74 Å². The van der Waals surface area contributed by atoms with Crippen LogP contribution in [0.5, 0.6) is 0 Å². The second-order valence-electron chi connectivity index (χ2n) is 8.43. The summed E-state index contributed by atoms with van der Waals surface area (Å²) in [5.74, 6) is -0.130. The predicted molar refractivity (Wildman–Crippen MR) is 112 cm³/mol. The molecule has 1 aromatic heterocycles. The molecule has 3 rings (SSSR count). The first-order chi connectivity index (χ1) is 13.7. The zero-order chi connectivity index (χ0) is 21.2. The van der Waals surface area contributed by atoms with Crippen molar-refractivity contribution in [2.75, 3.05) is 19.6 Å². The fraction of sp³-hybridized carbons (Fsp3) is 0.571. The maximum Gasteiger partial charge on any atom is 0.328 e. The molecule has 0 aliphatic carbocycles. The molecule has 1 saturated heterocycles. The monoisotopic (exact) mass is 402 g/mol. The molecule has 0 bridgehead atoms. The minimum atomic E-state index is -0.502. The Bertz CT molecular complexity index is 984. The number of hydrogen-bond donors (Lipinski definition) is 2. The molecule has 0 saturated carbocycles. The van der Waals surface area contributed by atoms with Gasteiger partial charge in [-0.05, 0) is 39.8 Å². The van der Waals surface area contributed by atoms with E-state index in [-0.39, 0.29) is 36.6 Å². The summed E-state index contributed by atoms with van der Waals surface area (Å²) < 4.78 is 7.23. The lowest BCUT2D eigenvalue weighted by atomic mass is 10.00. The van der Waals surface area contributed by atoms with Gasteiger partial charge in [-0.25, -0.2) is 4.79 Å². The smallest absolute Gasteiger partial charge is 0.328 e. The molecule has 2 atom stereocenters. The Labute approximate surface area is 169 Å². The van der Waals surface area contributed by atoms with E-state index in [1.54, 1.807) is 24.3 Å². The lowest BCUT2D eigenvalue weighted by Crippen LogP contribution is -2.58. The van der Waals surface area contributed by atoms with Crippen molar-refractivity contribution in [1.82, 2.24) is 19.8 Å². The van der Waals surface area contributed by atoms with Crippen LogP contribution in [0.4, 0.5) is 0 Å². The molecule has 2 aromatic rings. The molecule has 8 nitrogen and oxygen atoms in total. The molecule has 2 unspecified atom stereocenters. The zero-order valence-corrected chi connectivity index (χ0v) is 17.5. The number of carbonyl (C=O) groups is 1. The van der Waals surface area contributed by atoms with E-state index in [9.17, 15) is 14.4 Å². The fourth-order valence-corrected chi connectivity index (χ4v) is 3.86. The van der Waals surface area contributed by atoms with Crippen LogP contribution in [0.2, 0.25) is 0 Å². The maximum atomic E-state index is 12.4. The summed E-state index contributed by atoms with van der Waals surface area (Å²) in [4.78, 5) is 41.2. The molecule has 29 heavy (non-hydrogen) atoms. The number of nitrogens with zero attached hydrogens (tertiary/aromatic N) is 2. The third-order valence-corrected chi connectivity index (χ3v) is 5.46. The second kappa shape index (κ2) is 8.51. The predicted octanol–water partition coefficient (Wildman–Crippen LogP) is 1.08. The van der Waals surface area contributed by atoms with E-state index < -0.39 is 11.2 Å². The summed E-state index contributed by atoms with van der Waals surface area (Å²) in [7, 11) is 0. The first-order valence-corrected chi connectivity index (χ1v) is 10.1. The molecule has 0 radical (unpaired) electrons. The number of fused-ring (bicyclic) bond motifs is 1. The molecule has 8 heteroatoms. The first kappa shape index (κ1) is 21.3. The van der Waals surface area contributed by atoms with Gasteiger partial charge in [-0.1, -0.05) is 12.1 Å². The van der Waals surface area contributed by atoms with Gasteiger partial charge in [0, 0.05) is 38.1 Å². The number of ether oxygens (including phenoxy) is 1. The summed E-state index contributed by atoms with van der Waals surface area (Å²) in [5, 5.41) is 3.42. The Kier molecular flexibility index (Phi) is 6.24. The summed E-state index contributed by atoms with van der Waals surface area (Å²) in [6.45, 7) is 10.7. The number of para-hydroxylation sites is 1. The highest BCUT2D eigenvalue weighted by Crippen LogP contribution is 2.20. The van der Waals surface area contributed by atoms with Gasteiger partial charge < -0.3 is 10.1 Å². The Morgan fingerprint density at radius 3 is 2.55 bits per heavy atom. The molecule has 1 fully saturated rings. The number of morpholine rings is 1. The SMILES string of the molecule is CC1CN(C(C)(C)CNC(=O)CCn2c(=O)[nH]c(=O)c3ccccc32)CC(C)O1. The number of aromatic amines is 1. The van der Waals surface area contributed by atoms with Crippen LogP contribution in [0.25, 0.3) is 10.9 Å². The number of amides is 1. The van der Waals surface area contributed by atoms with Crippen LogP contribution in [0.3, 0.4) is 0 Å². The van der Waals surface area contributed by atoms with E-state index in [2.05, 4.69) is 42.9 Å². The van der Waals surface area contributed by atoms with Gasteiger partial charge in [0.05, 0.1) is 23.1 Å². The third-order valence-electron chi connectivity index (χ3n) is 5.46. The Morgan fingerprint density at radius 2 is 1.86 bits per heavy atom. The number of hydrogen-bond acceptors (Lipinski definition) is 5. The number of benzene rings is 1. The third kappa shape index (κ3) is 4.94. The molecule has 158 valence electrons. The average Bonchev–Trinajstić information content (AvgIpc) is 2.65. The van der Waals surface area contributed by atoms with Gasteiger partial charge in [-0.2, -0.15) is 0 Å². The van der Waals surface area contributed by atoms with Crippen LogP contribution in [-0.2, 0) is 16.1 Å². The second-order valence-corrected chi connectivity index (χ2v) is 8.43. The minimum absolute atomic E-state index is 0.130. The molecule has 1 aromatic carbocycles. The van der Waals surface area contributed by atoms with Crippen molar-refractivity contribution in [3.05, 3.63) is 45.1 Å². The van der Waals surface area contributed by atoms with Crippen molar-refractivity contribution in [1.29, 1.82) is 0 Å². The van der Waals surface area contributed by atoms with E-state index in [0.717, 1.165) is 13.1 Å². The summed E-state index contributed by atoms with van der Waals surface area (Å²) >= 11 is 0. The molecule has 1 aliphatic heterocycles. The van der Waals surface area contributed by atoms with Crippen LogP contribution in [0.1, 0.15) is 34.1 Å².